The quantitative estimate of drug-likeness (QED) is 0.818. The normalized spacial score (nSPS) is 16.2. The summed E-state index contributed by atoms with van der Waals surface area (Å²) in [7, 11) is 0. The van der Waals surface area contributed by atoms with E-state index in [0.29, 0.717) is 5.82 Å². The third-order valence-electron chi connectivity index (χ3n) is 3.10. The van der Waals surface area contributed by atoms with Crippen LogP contribution in [-0.2, 0) is 0 Å². The number of anilines is 1. The van der Waals surface area contributed by atoms with Gasteiger partial charge < -0.3 is 10.3 Å². The number of nitrogens with one attached hydrogen (secondary N) is 2. The third kappa shape index (κ3) is 2.62. The molecule has 1 fully saturated rings. The molecule has 4 nitrogen and oxygen atoms in total. The Bertz CT molecular complexity index is 407. The topological polar surface area (TPSA) is 57.8 Å². The van der Waals surface area contributed by atoms with Gasteiger partial charge in [-0.2, -0.15) is 0 Å². The average molecular weight is 221 g/mol. The molecular weight excluding hydrogens is 202 g/mol. The Balaban J connectivity index is 2.04. The van der Waals surface area contributed by atoms with Crippen molar-refractivity contribution >= 4 is 5.82 Å². The Morgan fingerprint density at radius 3 is 2.88 bits per heavy atom. The number of H-pyrrole nitrogens is 1. The van der Waals surface area contributed by atoms with Crippen molar-refractivity contribution in [2.24, 2.45) is 5.92 Å². The van der Waals surface area contributed by atoms with Crippen LogP contribution in [-0.4, -0.2) is 16.5 Å². The van der Waals surface area contributed by atoms with Gasteiger partial charge in [-0.15, -0.1) is 0 Å². The summed E-state index contributed by atoms with van der Waals surface area (Å²) in [6.07, 6.45) is 3.94. The fourth-order valence-corrected chi connectivity index (χ4v) is 1.79. The van der Waals surface area contributed by atoms with Gasteiger partial charge in [0.25, 0.3) is 5.56 Å². The molecule has 0 spiro atoms. The minimum atomic E-state index is -0.0743. The van der Waals surface area contributed by atoms with Crippen molar-refractivity contribution in [3.63, 3.8) is 0 Å². The van der Waals surface area contributed by atoms with Gasteiger partial charge in [0.15, 0.2) is 0 Å². The van der Waals surface area contributed by atoms with E-state index in [0.717, 1.165) is 18.3 Å². The molecule has 0 saturated heterocycles. The van der Waals surface area contributed by atoms with Crippen molar-refractivity contribution in [3.8, 4) is 0 Å². The maximum absolute atomic E-state index is 11.4. The average Bonchev–Trinajstić information content (AvgIpc) is 2.14. The van der Waals surface area contributed by atoms with E-state index in [2.05, 4.69) is 15.3 Å². The number of hydrogen-bond donors (Lipinski definition) is 2. The first kappa shape index (κ1) is 11.2. The number of aromatic amines is 1. The van der Waals surface area contributed by atoms with Crippen LogP contribution in [0.5, 0.6) is 0 Å². The molecule has 16 heavy (non-hydrogen) atoms. The lowest BCUT2D eigenvalue weighted by molar-refractivity contribution is 0.333. The first-order chi connectivity index (χ1) is 7.65. The predicted octanol–water partition coefficient (Wildman–Crippen LogP) is 2.11. The summed E-state index contributed by atoms with van der Waals surface area (Å²) in [5, 5.41) is 3.25. The Morgan fingerprint density at radius 1 is 1.56 bits per heavy atom. The Morgan fingerprint density at radius 2 is 2.31 bits per heavy atom. The standard InChI is InChI=1S/C12H19N3O/c1-8(2)12-14-10(6-11(16)15-12)13-7-9-4-3-5-9/h6,8-9H,3-5,7H2,1-2H3,(H2,13,14,15,16). The molecule has 0 radical (unpaired) electrons. The van der Waals surface area contributed by atoms with E-state index in [1.54, 1.807) is 0 Å². The molecule has 0 aliphatic heterocycles. The Labute approximate surface area is 95.5 Å². The van der Waals surface area contributed by atoms with Crippen LogP contribution in [0.2, 0.25) is 0 Å². The van der Waals surface area contributed by atoms with E-state index in [-0.39, 0.29) is 11.5 Å². The number of aromatic nitrogens is 2. The van der Waals surface area contributed by atoms with Gasteiger partial charge in [0, 0.05) is 18.5 Å². The molecule has 1 saturated carbocycles. The molecule has 0 unspecified atom stereocenters. The van der Waals surface area contributed by atoms with Crippen molar-refractivity contribution in [2.45, 2.75) is 39.0 Å². The summed E-state index contributed by atoms with van der Waals surface area (Å²) < 4.78 is 0. The summed E-state index contributed by atoms with van der Waals surface area (Å²) in [5.74, 6) is 2.48. The fraction of sp³-hybridized carbons (Fsp3) is 0.667. The second kappa shape index (κ2) is 4.68. The molecule has 4 heteroatoms. The van der Waals surface area contributed by atoms with Crippen molar-refractivity contribution in [1.29, 1.82) is 0 Å². The van der Waals surface area contributed by atoms with Gasteiger partial charge in [0.05, 0.1) is 0 Å². The van der Waals surface area contributed by atoms with E-state index in [9.17, 15) is 4.79 Å². The van der Waals surface area contributed by atoms with E-state index < -0.39 is 0 Å². The summed E-state index contributed by atoms with van der Waals surface area (Å²) in [6, 6.07) is 1.53. The lowest BCUT2D eigenvalue weighted by Crippen LogP contribution is -2.23. The third-order valence-corrected chi connectivity index (χ3v) is 3.10. The van der Waals surface area contributed by atoms with E-state index in [4.69, 9.17) is 0 Å². The molecule has 0 amide bonds. The Hall–Kier alpha value is -1.32. The van der Waals surface area contributed by atoms with Crippen LogP contribution >= 0.6 is 0 Å². The number of nitrogens with zero attached hydrogens (tertiary/aromatic N) is 1. The molecule has 1 aliphatic carbocycles. The summed E-state index contributed by atoms with van der Waals surface area (Å²) >= 11 is 0. The minimum absolute atomic E-state index is 0.0743. The lowest BCUT2D eigenvalue weighted by Gasteiger charge is -2.25. The first-order valence-corrected chi connectivity index (χ1v) is 6.00. The molecule has 0 aromatic carbocycles. The molecule has 2 N–H and O–H groups in total. The Kier molecular flexibility index (Phi) is 3.27. The van der Waals surface area contributed by atoms with Gasteiger partial charge >= 0.3 is 0 Å². The van der Waals surface area contributed by atoms with Crippen LogP contribution in [0.3, 0.4) is 0 Å². The van der Waals surface area contributed by atoms with Crippen molar-refractivity contribution in [1.82, 2.24) is 9.97 Å². The summed E-state index contributed by atoms with van der Waals surface area (Å²) in [4.78, 5) is 18.6. The molecule has 1 aromatic rings. The molecule has 1 aromatic heterocycles. The molecule has 1 heterocycles. The maximum Gasteiger partial charge on any atom is 0.252 e. The summed E-state index contributed by atoms with van der Waals surface area (Å²) in [6.45, 7) is 4.98. The molecule has 0 atom stereocenters. The first-order valence-electron chi connectivity index (χ1n) is 6.00. The second-order valence-corrected chi connectivity index (χ2v) is 4.85. The highest BCUT2D eigenvalue weighted by molar-refractivity contribution is 5.33. The molecule has 0 bridgehead atoms. The highest BCUT2D eigenvalue weighted by Crippen LogP contribution is 2.26. The van der Waals surface area contributed by atoms with Crippen LogP contribution in [0.4, 0.5) is 5.82 Å². The largest absolute Gasteiger partial charge is 0.370 e. The zero-order valence-electron chi connectivity index (χ0n) is 9.92. The summed E-state index contributed by atoms with van der Waals surface area (Å²) in [5.41, 5.74) is -0.0743. The van der Waals surface area contributed by atoms with Gasteiger partial charge in [0.1, 0.15) is 11.6 Å². The fourth-order valence-electron chi connectivity index (χ4n) is 1.79. The lowest BCUT2D eigenvalue weighted by atomic mass is 9.85. The molecule has 2 rings (SSSR count). The maximum atomic E-state index is 11.4. The number of hydrogen-bond acceptors (Lipinski definition) is 3. The predicted molar refractivity (Wildman–Crippen MR) is 64.8 cm³/mol. The molecular formula is C12H19N3O. The van der Waals surface area contributed by atoms with Gasteiger partial charge in [0.2, 0.25) is 0 Å². The zero-order valence-corrected chi connectivity index (χ0v) is 9.92. The molecule has 88 valence electrons. The highest BCUT2D eigenvalue weighted by Gasteiger charge is 2.17. The van der Waals surface area contributed by atoms with Crippen molar-refractivity contribution < 1.29 is 0 Å². The minimum Gasteiger partial charge on any atom is -0.370 e. The SMILES string of the molecule is CC(C)c1nc(NCC2CCC2)cc(=O)[nH]1. The van der Waals surface area contributed by atoms with Gasteiger partial charge in [-0.25, -0.2) is 4.98 Å². The van der Waals surface area contributed by atoms with Crippen LogP contribution in [0.25, 0.3) is 0 Å². The monoisotopic (exact) mass is 221 g/mol. The second-order valence-electron chi connectivity index (χ2n) is 4.85. The van der Waals surface area contributed by atoms with Crippen molar-refractivity contribution in [2.75, 3.05) is 11.9 Å². The van der Waals surface area contributed by atoms with E-state index in [1.165, 1.54) is 25.3 Å². The van der Waals surface area contributed by atoms with E-state index >= 15 is 0 Å². The van der Waals surface area contributed by atoms with Crippen LogP contribution in [0.15, 0.2) is 10.9 Å². The highest BCUT2D eigenvalue weighted by atomic mass is 16.1. The van der Waals surface area contributed by atoms with Crippen LogP contribution in [0, 0.1) is 5.92 Å². The number of rotatable bonds is 4. The zero-order chi connectivity index (χ0) is 11.5. The van der Waals surface area contributed by atoms with Crippen LogP contribution < -0.4 is 10.9 Å². The smallest absolute Gasteiger partial charge is 0.252 e. The van der Waals surface area contributed by atoms with Crippen LogP contribution in [0.1, 0.15) is 44.9 Å². The molecule has 1 aliphatic rings. The van der Waals surface area contributed by atoms with Gasteiger partial charge in [-0.3, -0.25) is 4.79 Å². The van der Waals surface area contributed by atoms with Gasteiger partial charge in [-0.1, -0.05) is 20.3 Å². The van der Waals surface area contributed by atoms with E-state index in [1.807, 2.05) is 13.8 Å². The van der Waals surface area contributed by atoms with Crippen molar-refractivity contribution in [3.05, 3.63) is 22.2 Å². The van der Waals surface area contributed by atoms with Gasteiger partial charge in [-0.05, 0) is 18.8 Å².